The maximum Gasteiger partial charge on any atom is 0.230 e. The lowest BCUT2D eigenvalue weighted by atomic mass is 9.77. The largest absolute Gasteiger partial charge is 0.368 e. The van der Waals surface area contributed by atoms with E-state index in [2.05, 4.69) is 19.8 Å². The summed E-state index contributed by atoms with van der Waals surface area (Å²) in [5.41, 5.74) is 6.48. The van der Waals surface area contributed by atoms with Crippen LogP contribution in [0.1, 0.15) is 57.1 Å². The Balaban J connectivity index is 1.52. The molecular formula is C19H29N5O. The Morgan fingerprint density at radius 3 is 2.68 bits per heavy atom. The minimum Gasteiger partial charge on any atom is -0.368 e. The van der Waals surface area contributed by atoms with E-state index >= 15 is 0 Å². The Bertz CT molecular complexity index is 637. The quantitative estimate of drug-likeness (QED) is 0.893. The van der Waals surface area contributed by atoms with Gasteiger partial charge in [0, 0.05) is 37.4 Å². The monoisotopic (exact) mass is 343 g/mol. The molecule has 0 aromatic carbocycles. The summed E-state index contributed by atoms with van der Waals surface area (Å²) in [6.45, 7) is 4.53. The lowest BCUT2D eigenvalue weighted by Gasteiger charge is -2.44. The molecule has 136 valence electrons. The summed E-state index contributed by atoms with van der Waals surface area (Å²) >= 11 is 0. The molecule has 2 saturated heterocycles. The Kier molecular flexibility index (Phi) is 4.29. The van der Waals surface area contributed by atoms with Gasteiger partial charge in [-0.15, -0.1) is 0 Å². The van der Waals surface area contributed by atoms with Crippen molar-refractivity contribution in [2.75, 3.05) is 30.3 Å². The molecule has 2 N–H and O–H groups in total. The fourth-order valence-electron chi connectivity index (χ4n) is 5.03. The van der Waals surface area contributed by atoms with E-state index in [-0.39, 0.29) is 5.41 Å². The summed E-state index contributed by atoms with van der Waals surface area (Å²) in [4.78, 5) is 26.4. The second-order valence-electron chi connectivity index (χ2n) is 8.07. The molecule has 0 bridgehead atoms. The lowest BCUT2D eigenvalue weighted by molar-refractivity contribution is -0.148. The molecule has 1 unspecified atom stereocenters. The average Bonchev–Trinajstić information content (AvgIpc) is 3.03. The maximum absolute atomic E-state index is 13.4. The first kappa shape index (κ1) is 16.6. The van der Waals surface area contributed by atoms with Crippen molar-refractivity contribution in [3.8, 4) is 0 Å². The van der Waals surface area contributed by atoms with Crippen LogP contribution in [0.15, 0.2) is 6.07 Å². The van der Waals surface area contributed by atoms with E-state index in [9.17, 15) is 4.79 Å². The normalized spacial score (nSPS) is 28.1. The fraction of sp³-hybridized carbons (Fsp3) is 0.737. The fourth-order valence-corrected chi connectivity index (χ4v) is 5.03. The Morgan fingerprint density at radius 2 is 1.92 bits per heavy atom. The van der Waals surface area contributed by atoms with E-state index in [0.717, 1.165) is 50.4 Å². The van der Waals surface area contributed by atoms with Crippen molar-refractivity contribution in [1.29, 1.82) is 0 Å². The van der Waals surface area contributed by atoms with Crippen molar-refractivity contribution in [1.82, 2.24) is 14.9 Å². The minimum atomic E-state index is -0.219. The minimum absolute atomic E-state index is 0.219. The van der Waals surface area contributed by atoms with Crippen molar-refractivity contribution in [2.45, 2.75) is 64.3 Å². The summed E-state index contributed by atoms with van der Waals surface area (Å²) in [5, 5.41) is 0. The van der Waals surface area contributed by atoms with Gasteiger partial charge in [-0.25, -0.2) is 4.98 Å². The molecule has 1 aromatic heterocycles. The van der Waals surface area contributed by atoms with E-state index in [1.165, 1.54) is 32.1 Å². The number of hydrogen-bond donors (Lipinski definition) is 1. The van der Waals surface area contributed by atoms with Gasteiger partial charge in [0.25, 0.3) is 0 Å². The smallest absolute Gasteiger partial charge is 0.230 e. The summed E-state index contributed by atoms with van der Waals surface area (Å²) < 4.78 is 0. The number of carbonyl (C=O) groups is 1. The average molecular weight is 343 g/mol. The molecule has 1 aliphatic carbocycles. The highest BCUT2D eigenvalue weighted by Crippen LogP contribution is 2.43. The van der Waals surface area contributed by atoms with Crippen molar-refractivity contribution < 1.29 is 4.79 Å². The standard InChI is InChI=1S/C19H29N5O/c1-14-12-16(22-18(20)21-14)23-11-9-19(13-23)8-5-10-24(17(19)25)15-6-3-2-4-7-15/h12,15H,2-11,13H2,1H3,(H2,20,21,22). The van der Waals surface area contributed by atoms with Gasteiger partial charge in [-0.3, -0.25) is 4.79 Å². The number of carbonyl (C=O) groups excluding carboxylic acids is 1. The van der Waals surface area contributed by atoms with Crippen LogP contribution in [0, 0.1) is 12.3 Å². The molecule has 1 amide bonds. The molecule has 1 aromatic rings. The number of nitrogens with zero attached hydrogens (tertiary/aromatic N) is 4. The number of anilines is 2. The van der Waals surface area contributed by atoms with Gasteiger partial charge in [0.05, 0.1) is 5.41 Å². The number of hydrogen-bond acceptors (Lipinski definition) is 5. The van der Waals surface area contributed by atoms with Crippen LogP contribution in [0.4, 0.5) is 11.8 Å². The van der Waals surface area contributed by atoms with Gasteiger partial charge < -0.3 is 15.5 Å². The molecule has 3 heterocycles. The van der Waals surface area contributed by atoms with Crippen LogP contribution in [0.2, 0.25) is 0 Å². The van der Waals surface area contributed by atoms with Crippen LogP contribution < -0.4 is 10.6 Å². The van der Waals surface area contributed by atoms with Crippen LogP contribution in [-0.2, 0) is 4.79 Å². The molecule has 4 rings (SSSR count). The van der Waals surface area contributed by atoms with E-state index in [1.54, 1.807) is 0 Å². The third kappa shape index (κ3) is 3.07. The molecule has 1 saturated carbocycles. The molecule has 3 aliphatic rings. The zero-order valence-corrected chi connectivity index (χ0v) is 15.2. The molecular weight excluding hydrogens is 314 g/mol. The first-order chi connectivity index (χ1) is 12.1. The van der Waals surface area contributed by atoms with E-state index in [1.807, 2.05) is 13.0 Å². The molecule has 6 heteroatoms. The number of amides is 1. The van der Waals surface area contributed by atoms with Crippen molar-refractivity contribution in [3.63, 3.8) is 0 Å². The summed E-state index contributed by atoms with van der Waals surface area (Å²) in [6, 6.07) is 2.45. The van der Waals surface area contributed by atoms with Crippen molar-refractivity contribution >= 4 is 17.7 Å². The highest BCUT2D eigenvalue weighted by Gasteiger charge is 2.49. The second kappa shape index (κ2) is 6.46. The predicted octanol–water partition coefficient (Wildman–Crippen LogP) is 2.52. The van der Waals surface area contributed by atoms with E-state index in [0.29, 0.717) is 17.9 Å². The molecule has 25 heavy (non-hydrogen) atoms. The van der Waals surface area contributed by atoms with Crippen LogP contribution in [0.5, 0.6) is 0 Å². The van der Waals surface area contributed by atoms with Gasteiger partial charge >= 0.3 is 0 Å². The second-order valence-corrected chi connectivity index (χ2v) is 8.07. The molecule has 0 radical (unpaired) electrons. The predicted molar refractivity (Wildman–Crippen MR) is 98.3 cm³/mol. The summed E-state index contributed by atoms with van der Waals surface area (Å²) in [7, 11) is 0. The van der Waals surface area contributed by atoms with Crippen LogP contribution in [-0.4, -0.2) is 46.5 Å². The SMILES string of the molecule is Cc1cc(N2CCC3(CCCN(C4CCCCC4)C3=O)C2)nc(N)n1. The Morgan fingerprint density at radius 1 is 1.12 bits per heavy atom. The lowest BCUT2D eigenvalue weighted by Crippen LogP contribution is -2.54. The van der Waals surface area contributed by atoms with Gasteiger partial charge in [-0.2, -0.15) is 4.98 Å². The van der Waals surface area contributed by atoms with Gasteiger partial charge in [-0.05, 0) is 39.0 Å². The van der Waals surface area contributed by atoms with Gasteiger partial charge in [0.1, 0.15) is 5.82 Å². The van der Waals surface area contributed by atoms with E-state index < -0.39 is 0 Å². The highest BCUT2D eigenvalue weighted by atomic mass is 16.2. The van der Waals surface area contributed by atoms with Crippen LogP contribution in [0.3, 0.4) is 0 Å². The number of piperidine rings is 1. The van der Waals surface area contributed by atoms with Gasteiger partial charge in [0.15, 0.2) is 0 Å². The number of rotatable bonds is 2. The Labute approximate surface area is 149 Å². The van der Waals surface area contributed by atoms with Gasteiger partial charge in [0.2, 0.25) is 11.9 Å². The number of likely N-dealkylation sites (tertiary alicyclic amines) is 1. The third-order valence-corrected chi connectivity index (χ3v) is 6.32. The number of nitrogen functional groups attached to an aromatic ring is 1. The topological polar surface area (TPSA) is 75.3 Å². The van der Waals surface area contributed by atoms with Crippen molar-refractivity contribution in [2.24, 2.45) is 5.41 Å². The van der Waals surface area contributed by atoms with Crippen LogP contribution >= 0.6 is 0 Å². The number of nitrogens with two attached hydrogens (primary N) is 1. The maximum atomic E-state index is 13.4. The van der Waals surface area contributed by atoms with E-state index in [4.69, 9.17) is 5.73 Å². The number of aromatic nitrogens is 2. The summed E-state index contributed by atoms with van der Waals surface area (Å²) in [6.07, 6.45) is 9.30. The first-order valence-electron chi connectivity index (χ1n) is 9.75. The number of aryl methyl sites for hydroxylation is 1. The molecule has 3 fully saturated rings. The molecule has 1 atom stereocenters. The highest BCUT2D eigenvalue weighted by molar-refractivity contribution is 5.85. The molecule has 1 spiro atoms. The zero-order valence-electron chi connectivity index (χ0n) is 15.2. The van der Waals surface area contributed by atoms with Crippen LogP contribution in [0.25, 0.3) is 0 Å². The molecule has 2 aliphatic heterocycles. The van der Waals surface area contributed by atoms with Gasteiger partial charge in [-0.1, -0.05) is 19.3 Å². The zero-order chi connectivity index (χ0) is 17.4. The summed E-state index contributed by atoms with van der Waals surface area (Å²) in [5.74, 6) is 1.58. The Hall–Kier alpha value is -1.85. The van der Waals surface area contributed by atoms with Crippen molar-refractivity contribution in [3.05, 3.63) is 11.8 Å². The first-order valence-corrected chi connectivity index (χ1v) is 9.75. The molecule has 6 nitrogen and oxygen atoms in total. The third-order valence-electron chi connectivity index (χ3n) is 6.32.